The minimum absolute atomic E-state index is 0.239. The molecule has 1 atom stereocenters. The topological polar surface area (TPSA) is 69.6 Å². The third-order valence-corrected chi connectivity index (χ3v) is 3.82. The third-order valence-electron chi connectivity index (χ3n) is 3.82. The SMILES string of the molecule is CN(C(=O)N[C@@H](C(=O)O)C(C)(C)C)C1CCCCC1. The number of rotatable bonds is 3. The van der Waals surface area contributed by atoms with Crippen molar-refractivity contribution in [3.63, 3.8) is 0 Å². The molecule has 0 aliphatic heterocycles. The highest BCUT2D eigenvalue weighted by Crippen LogP contribution is 2.23. The van der Waals surface area contributed by atoms with Gasteiger partial charge in [-0.25, -0.2) is 9.59 Å². The summed E-state index contributed by atoms with van der Waals surface area (Å²) < 4.78 is 0. The fourth-order valence-corrected chi connectivity index (χ4v) is 2.51. The number of carboxylic acids is 1. The molecule has 1 saturated carbocycles. The van der Waals surface area contributed by atoms with Crippen LogP contribution in [0.25, 0.3) is 0 Å². The van der Waals surface area contributed by atoms with Crippen LogP contribution in [0.4, 0.5) is 4.79 Å². The van der Waals surface area contributed by atoms with Gasteiger partial charge < -0.3 is 15.3 Å². The van der Waals surface area contributed by atoms with Crippen molar-refractivity contribution in [1.82, 2.24) is 10.2 Å². The van der Waals surface area contributed by atoms with Gasteiger partial charge in [0, 0.05) is 13.1 Å². The van der Waals surface area contributed by atoms with Crippen LogP contribution in [0.1, 0.15) is 52.9 Å². The molecule has 5 nitrogen and oxygen atoms in total. The Hall–Kier alpha value is -1.26. The lowest BCUT2D eigenvalue weighted by Gasteiger charge is -2.34. The predicted octanol–water partition coefficient (Wildman–Crippen LogP) is 2.46. The number of hydrogen-bond acceptors (Lipinski definition) is 2. The van der Waals surface area contributed by atoms with E-state index in [1.807, 2.05) is 20.8 Å². The Morgan fingerprint density at radius 3 is 2.16 bits per heavy atom. The summed E-state index contributed by atoms with van der Waals surface area (Å²) in [5.74, 6) is -0.988. The van der Waals surface area contributed by atoms with E-state index in [0.29, 0.717) is 0 Å². The first kappa shape index (κ1) is 15.8. The first-order chi connectivity index (χ1) is 8.73. The van der Waals surface area contributed by atoms with Crippen LogP contribution in [0, 0.1) is 5.41 Å². The van der Waals surface area contributed by atoms with Gasteiger partial charge >= 0.3 is 12.0 Å². The Morgan fingerprint density at radius 2 is 1.74 bits per heavy atom. The van der Waals surface area contributed by atoms with Crippen LogP contribution < -0.4 is 5.32 Å². The van der Waals surface area contributed by atoms with E-state index in [2.05, 4.69) is 5.32 Å². The highest BCUT2D eigenvalue weighted by Gasteiger charge is 2.34. The van der Waals surface area contributed by atoms with E-state index in [0.717, 1.165) is 25.7 Å². The first-order valence-corrected chi connectivity index (χ1v) is 6.99. The van der Waals surface area contributed by atoms with Gasteiger partial charge in [-0.3, -0.25) is 0 Å². The van der Waals surface area contributed by atoms with Gasteiger partial charge in [-0.2, -0.15) is 0 Å². The predicted molar refractivity (Wildman–Crippen MR) is 74.0 cm³/mol. The Labute approximate surface area is 115 Å². The van der Waals surface area contributed by atoms with Crippen LogP contribution in [-0.4, -0.2) is 41.1 Å². The molecule has 0 heterocycles. The highest BCUT2D eigenvalue weighted by atomic mass is 16.4. The molecule has 1 aliphatic carbocycles. The molecule has 19 heavy (non-hydrogen) atoms. The summed E-state index contributed by atoms with van der Waals surface area (Å²) in [6.45, 7) is 5.44. The first-order valence-electron chi connectivity index (χ1n) is 6.99. The molecule has 2 amide bonds. The van der Waals surface area contributed by atoms with Gasteiger partial charge in [0.1, 0.15) is 6.04 Å². The molecule has 1 rings (SSSR count). The Morgan fingerprint density at radius 1 is 1.21 bits per heavy atom. The summed E-state index contributed by atoms with van der Waals surface area (Å²) in [4.78, 5) is 25.1. The van der Waals surface area contributed by atoms with Gasteiger partial charge in [0.15, 0.2) is 0 Å². The lowest BCUT2D eigenvalue weighted by molar-refractivity contribution is -0.142. The summed E-state index contributed by atoms with van der Waals surface area (Å²) in [5.41, 5.74) is -0.505. The largest absolute Gasteiger partial charge is 0.480 e. The number of hydrogen-bond donors (Lipinski definition) is 2. The fourth-order valence-electron chi connectivity index (χ4n) is 2.51. The van der Waals surface area contributed by atoms with E-state index in [1.54, 1.807) is 11.9 Å². The number of amides is 2. The minimum Gasteiger partial charge on any atom is -0.480 e. The van der Waals surface area contributed by atoms with Gasteiger partial charge in [0.05, 0.1) is 0 Å². The summed E-state index contributed by atoms with van der Waals surface area (Å²) >= 11 is 0. The van der Waals surface area contributed by atoms with E-state index < -0.39 is 17.4 Å². The summed E-state index contributed by atoms with van der Waals surface area (Å²) in [6, 6.07) is -0.913. The molecule has 5 heteroatoms. The molecule has 2 N–H and O–H groups in total. The maximum absolute atomic E-state index is 12.2. The number of nitrogens with zero attached hydrogens (tertiary/aromatic N) is 1. The van der Waals surface area contributed by atoms with E-state index in [1.165, 1.54) is 6.42 Å². The molecule has 1 fully saturated rings. The number of carbonyl (C=O) groups is 2. The van der Waals surface area contributed by atoms with Gasteiger partial charge in [0.2, 0.25) is 0 Å². The molecule has 0 spiro atoms. The van der Waals surface area contributed by atoms with Crippen molar-refractivity contribution in [2.75, 3.05) is 7.05 Å². The van der Waals surface area contributed by atoms with Crippen molar-refractivity contribution < 1.29 is 14.7 Å². The van der Waals surface area contributed by atoms with E-state index in [4.69, 9.17) is 0 Å². The van der Waals surface area contributed by atoms with Crippen molar-refractivity contribution >= 4 is 12.0 Å². The summed E-state index contributed by atoms with van der Waals surface area (Å²) in [7, 11) is 1.76. The van der Waals surface area contributed by atoms with Crippen molar-refractivity contribution in [3.8, 4) is 0 Å². The molecule has 0 saturated heterocycles. The van der Waals surface area contributed by atoms with Crippen molar-refractivity contribution in [1.29, 1.82) is 0 Å². The van der Waals surface area contributed by atoms with Gasteiger partial charge in [0.25, 0.3) is 0 Å². The quantitative estimate of drug-likeness (QED) is 0.827. The van der Waals surface area contributed by atoms with Gasteiger partial charge in [-0.15, -0.1) is 0 Å². The van der Waals surface area contributed by atoms with Crippen LogP contribution in [0.3, 0.4) is 0 Å². The number of urea groups is 1. The smallest absolute Gasteiger partial charge is 0.326 e. The lowest BCUT2D eigenvalue weighted by atomic mass is 9.87. The molecule has 0 aromatic heterocycles. The van der Waals surface area contributed by atoms with Crippen LogP contribution in [0.5, 0.6) is 0 Å². The molecule has 0 unspecified atom stereocenters. The maximum Gasteiger partial charge on any atom is 0.326 e. The molecular formula is C14H26N2O3. The molecule has 0 bridgehead atoms. The Kier molecular flexibility index (Phi) is 5.20. The van der Waals surface area contributed by atoms with Crippen LogP contribution in [0.15, 0.2) is 0 Å². The van der Waals surface area contributed by atoms with E-state index in [9.17, 15) is 14.7 Å². The molecule has 1 aliphatic rings. The summed E-state index contributed by atoms with van der Waals surface area (Å²) in [6.07, 6.45) is 5.54. The standard InChI is InChI=1S/C14H26N2O3/c1-14(2,3)11(12(17)18)15-13(19)16(4)10-8-6-5-7-9-10/h10-11H,5-9H2,1-4H3,(H,15,19)(H,17,18)/t11-/m0/s1. The van der Waals surface area contributed by atoms with Crippen LogP contribution in [-0.2, 0) is 4.79 Å². The van der Waals surface area contributed by atoms with E-state index in [-0.39, 0.29) is 12.1 Å². The maximum atomic E-state index is 12.2. The Balaban J connectivity index is 2.63. The normalized spacial score (nSPS) is 18.7. The second-order valence-corrected chi connectivity index (χ2v) is 6.49. The molecule has 0 aromatic rings. The van der Waals surface area contributed by atoms with Crippen LogP contribution >= 0.6 is 0 Å². The van der Waals surface area contributed by atoms with Gasteiger partial charge in [-0.05, 0) is 18.3 Å². The summed E-state index contributed by atoms with van der Waals surface area (Å²) in [5, 5.41) is 11.9. The average molecular weight is 270 g/mol. The average Bonchev–Trinajstić information content (AvgIpc) is 2.34. The Bertz CT molecular complexity index is 330. The third kappa shape index (κ3) is 4.40. The second-order valence-electron chi connectivity index (χ2n) is 6.49. The molecule has 110 valence electrons. The number of nitrogens with one attached hydrogen (secondary N) is 1. The van der Waals surface area contributed by atoms with Crippen LogP contribution in [0.2, 0.25) is 0 Å². The molecule has 0 radical (unpaired) electrons. The fraction of sp³-hybridized carbons (Fsp3) is 0.857. The zero-order chi connectivity index (χ0) is 14.6. The monoisotopic (exact) mass is 270 g/mol. The van der Waals surface area contributed by atoms with Crippen molar-refractivity contribution in [2.24, 2.45) is 5.41 Å². The molecular weight excluding hydrogens is 244 g/mol. The molecule has 0 aromatic carbocycles. The number of carboxylic acid groups (broad SMARTS) is 1. The zero-order valence-corrected chi connectivity index (χ0v) is 12.4. The van der Waals surface area contributed by atoms with Gasteiger partial charge in [-0.1, -0.05) is 40.0 Å². The zero-order valence-electron chi connectivity index (χ0n) is 12.4. The second kappa shape index (κ2) is 6.26. The number of aliphatic carboxylic acids is 1. The van der Waals surface area contributed by atoms with Crippen molar-refractivity contribution in [3.05, 3.63) is 0 Å². The lowest BCUT2D eigenvalue weighted by Crippen LogP contribution is -2.54. The van der Waals surface area contributed by atoms with Crippen molar-refractivity contribution in [2.45, 2.75) is 65.0 Å². The van der Waals surface area contributed by atoms with E-state index >= 15 is 0 Å². The minimum atomic E-state index is -0.988. The number of carbonyl (C=O) groups excluding carboxylic acids is 1. The highest BCUT2D eigenvalue weighted by molar-refractivity contribution is 5.83.